The molecule has 5 nitrogen and oxygen atoms in total. The molecule has 1 heterocycles. The third-order valence-electron chi connectivity index (χ3n) is 4.69. The Morgan fingerprint density at radius 2 is 2.00 bits per heavy atom. The molecule has 8 heteroatoms. The lowest BCUT2D eigenvalue weighted by Crippen LogP contribution is -2.28. The van der Waals surface area contributed by atoms with Gasteiger partial charge in [0.15, 0.2) is 0 Å². The first-order chi connectivity index (χ1) is 14.0. The van der Waals surface area contributed by atoms with Crippen LogP contribution in [0.2, 0.25) is 10.0 Å². The van der Waals surface area contributed by atoms with E-state index in [0.717, 1.165) is 29.9 Å². The summed E-state index contributed by atoms with van der Waals surface area (Å²) in [6, 6.07) is 15.0. The highest BCUT2D eigenvalue weighted by atomic mass is 35.5. The standard InChI is InChI=1S/C21H20Cl2N4OS/c1-13(17-10-9-15(22)11-18(17)23)24-19(28)12-29-21-25-20(14-7-8-14)27(26-21)16-5-3-2-4-6-16/h2-6,9-11,13-14H,7-8,12H2,1H3,(H,24,28)/t13-/m0/s1. The van der Waals surface area contributed by atoms with Crippen LogP contribution in [-0.4, -0.2) is 26.4 Å². The number of hydrogen-bond donors (Lipinski definition) is 1. The van der Waals surface area contributed by atoms with Gasteiger partial charge in [0.1, 0.15) is 5.82 Å². The van der Waals surface area contributed by atoms with Gasteiger partial charge in [-0.2, -0.15) is 0 Å². The number of rotatable bonds is 7. The molecule has 1 aliphatic rings. The van der Waals surface area contributed by atoms with Crippen LogP contribution in [0.15, 0.2) is 53.7 Å². The minimum atomic E-state index is -0.218. The molecule has 0 spiro atoms. The van der Waals surface area contributed by atoms with Crippen molar-refractivity contribution in [2.75, 3.05) is 5.75 Å². The van der Waals surface area contributed by atoms with E-state index >= 15 is 0 Å². The molecule has 0 radical (unpaired) electrons. The monoisotopic (exact) mass is 446 g/mol. The third-order valence-corrected chi connectivity index (χ3v) is 6.09. The zero-order valence-electron chi connectivity index (χ0n) is 15.8. The molecule has 1 N–H and O–H groups in total. The van der Waals surface area contributed by atoms with Crippen LogP contribution in [0, 0.1) is 0 Å². The lowest BCUT2D eigenvalue weighted by molar-refractivity contribution is -0.119. The van der Waals surface area contributed by atoms with E-state index in [1.807, 2.05) is 48.0 Å². The average molecular weight is 447 g/mol. The van der Waals surface area contributed by atoms with Crippen LogP contribution in [0.5, 0.6) is 0 Å². The number of halogens is 2. The first-order valence-corrected chi connectivity index (χ1v) is 11.1. The van der Waals surface area contributed by atoms with Crippen molar-refractivity contribution in [1.82, 2.24) is 20.1 Å². The van der Waals surface area contributed by atoms with Crippen LogP contribution < -0.4 is 5.32 Å². The molecule has 0 bridgehead atoms. The number of nitrogens with zero attached hydrogens (tertiary/aromatic N) is 3. The van der Waals surface area contributed by atoms with Crippen LogP contribution in [-0.2, 0) is 4.79 Å². The fourth-order valence-electron chi connectivity index (χ4n) is 3.07. The van der Waals surface area contributed by atoms with E-state index in [0.29, 0.717) is 21.1 Å². The second-order valence-corrected chi connectivity index (χ2v) is 8.80. The Balaban J connectivity index is 1.40. The Morgan fingerprint density at radius 1 is 1.24 bits per heavy atom. The molecule has 1 amide bonds. The van der Waals surface area contributed by atoms with Gasteiger partial charge in [-0.15, -0.1) is 5.10 Å². The van der Waals surface area contributed by atoms with Gasteiger partial charge < -0.3 is 5.32 Å². The smallest absolute Gasteiger partial charge is 0.230 e. The molecule has 3 aromatic rings. The number of nitrogens with one attached hydrogen (secondary N) is 1. The van der Waals surface area contributed by atoms with Crippen molar-refractivity contribution in [1.29, 1.82) is 0 Å². The number of carbonyl (C=O) groups is 1. The molecule has 150 valence electrons. The molecule has 1 saturated carbocycles. The number of benzene rings is 2. The van der Waals surface area contributed by atoms with Gasteiger partial charge >= 0.3 is 0 Å². The zero-order valence-corrected chi connectivity index (χ0v) is 18.1. The average Bonchev–Trinajstić information content (AvgIpc) is 3.46. The summed E-state index contributed by atoms with van der Waals surface area (Å²) in [7, 11) is 0. The van der Waals surface area contributed by atoms with Crippen molar-refractivity contribution in [3.8, 4) is 5.69 Å². The van der Waals surface area contributed by atoms with Gasteiger partial charge in [-0.05, 0) is 49.6 Å². The number of para-hydroxylation sites is 1. The molecule has 2 aromatic carbocycles. The van der Waals surface area contributed by atoms with Crippen LogP contribution in [0.1, 0.15) is 43.1 Å². The summed E-state index contributed by atoms with van der Waals surface area (Å²) in [5.41, 5.74) is 1.82. The van der Waals surface area contributed by atoms with Crippen LogP contribution in [0.25, 0.3) is 5.69 Å². The molecule has 4 rings (SSSR count). The van der Waals surface area contributed by atoms with E-state index in [-0.39, 0.29) is 17.7 Å². The molecular formula is C21H20Cl2N4OS. The van der Waals surface area contributed by atoms with E-state index in [1.54, 1.807) is 12.1 Å². The molecule has 0 unspecified atom stereocenters. The van der Waals surface area contributed by atoms with Crippen molar-refractivity contribution in [3.05, 3.63) is 70.0 Å². The zero-order chi connectivity index (χ0) is 20.4. The van der Waals surface area contributed by atoms with E-state index in [2.05, 4.69) is 15.4 Å². The Morgan fingerprint density at radius 3 is 2.69 bits per heavy atom. The number of hydrogen-bond acceptors (Lipinski definition) is 4. The Kier molecular flexibility index (Phi) is 6.13. The second kappa shape index (κ2) is 8.78. The Labute approximate surface area is 183 Å². The summed E-state index contributed by atoms with van der Waals surface area (Å²) < 4.78 is 1.90. The number of amides is 1. The van der Waals surface area contributed by atoms with E-state index in [4.69, 9.17) is 23.2 Å². The maximum Gasteiger partial charge on any atom is 0.230 e. The summed E-state index contributed by atoms with van der Waals surface area (Å²) >= 11 is 13.5. The minimum Gasteiger partial charge on any atom is -0.349 e. The predicted molar refractivity (Wildman–Crippen MR) is 117 cm³/mol. The van der Waals surface area contributed by atoms with E-state index < -0.39 is 0 Å². The lowest BCUT2D eigenvalue weighted by Gasteiger charge is -2.15. The summed E-state index contributed by atoms with van der Waals surface area (Å²) in [5.74, 6) is 1.56. The van der Waals surface area contributed by atoms with Crippen molar-refractivity contribution >= 4 is 40.9 Å². The molecule has 1 fully saturated rings. The van der Waals surface area contributed by atoms with Crippen LogP contribution in [0.4, 0.5) is 0 Å². The van der Waals surface area contributed by atoms with Crippen molar-refractivity contribution in [2.45, 2.75) is 36.9 Å². The first-order valence-electron chi connectivity index (χ1n) is 9.41. The Bertz CT molecular complexity index is 1020. The van der Waals surface area contributed by atoms with Gasteiger partial charge in [-0.1, -0.05) is 59.2 Å². The largest absolute Gasteiger partial charge is 0.349 e. The third kappa shape index (κ3) is 4.94. The predicted octanol–water partition coefficient (Wildman–Crippen LogP) is 5.42. The molecule has 0 saturated heterocycles. The highest BCUT2D eigenvalue weighted by molar-refractivity contribution is 7.99. The molecular weight excluding hydrogens is 427 g/mol. The Hall–Kier alpha value is -2.02. The lowest BCUT2D eigenvalue weighted by atomic mass is 10.1. The minimum absolute atomic E-state index is 0.0995. The maximum atomic E-state index is 12.4. The SMILES string of the molecule is C[C@H](NC(=O)CSc1nc(C2CC2)n(-c2ccccc2)n1)c1ccc(Cl)cc1Cl. The summed E-state index contributed by atoms with van der Waals surface area (Å²) in [6.45, 7) is 1.89. The summed E-state index contributed by atoms with van der Waals surface area (Å²) in [4.78, 5) is 17.1. The van der Waals surface area contributed by atoms with Gasteiger partial charge in [-0.25, -0.2) is 9.67 Å². The van der Waals surface area contributed by atoms with Gasteiger partial charge in [0.05, 0.1) is 17.5 Å². The fourth-order valence-corrected chi connectivity index (χ4v) is 4.29. The molecule has 1 atom stereocenters. The summed E-state index contributed by atoms with van der Waals surface area (Å²) in [5, 5.41) is 9.31. The fraction of sp³-hybridized carbons (Fsp3) is 0.286. The van der Waals surface area contributed by atoms with Gasteiger partial charge in [-0.3, -0.25) is 4.79 Å². The highest BCUT2D eigenvalue weighted by Gasteiger charge is 2.30. The molecule has 1 aliphatic carbocycles. The van der Waals surface area contributed by atoms with E-state index in [9.17, 15) is 4.79 Å². The number of carbonyl (C=O) groups excluding carboxylic acids is 1. The van der Waals surface area contributed by atoms with Gasteiger partial charge in [0, 0.05) is 16.0 Å². The van der Waals surface area contributed by atoms with Crippen molar-refractivity contribution in [3.63, 3.8) is 0 Å². The first kappa shape index (κ1) is 20.3. The van der Waals surface area contributed by atoms with Crippen molar-refractivity contribution < 1.29 is 4.79 Å². The normalized spacial score (nSPS) is 14.6. The number of aromatic nitrogens is 3. The number of thioether (sulfide) groups is 1. The maximum absolute atomic E-state index is 12.4. The summed E-state index contributed by atoms with van der Waals surface area (Å²) in [6.07, 6.45) is 2.27. The van der Waals surface area contributed by atoms with Gasteiger partial charge in [0.25, 0.3) is 0 Å². The second-order valence-electron chi connectivity index (χ2n) is 7.02. The van der Waals surface area contributed by atoms with E-state index in [1.165, 1.54) is 11.8 Å². The topological polar surface area (TPSA) is 59.8 Å². The molecule has 1 aromatic heterocycles. The highest BCUT2D eigenvalue weighted by Crippen LogP contribution is 2.40. The quantitative estimate of drug-likeness (QED) is 0.492. The van der Waals surface area contributed by atoms with Crippen molar-refractivity contribution in [2.24, 2.45) is 0 Å². The van der Waals surface area contributed by atoms with Gasteiger partial charge in [0.2, 0.25) is 11.1 Å². The van der Waals surface area contributed by atoms with Crippen LogP contribution in [0.3, 0.4) is 0 Å². The molecule has 0 aliphatic heterocycles. The van der Waals surface area contributed by atoms with Crippen LogP contribution >= 0.6 is 35.0 Å². The molecule has 29 heavy (non-hydrogen) atoms.